The van der Waals surface area contributed by atoms with E-state index in [-0.39, 0.29) is 7.43 Å². The molecule has 2 rings (SSSR count). The van der Waals surface area contributed by atoms with Crippen LogP contribution in [0.5, 0.6) is 0 Å². The van der Waals surface area contributed by atoms with Gasteiger partial charge in [-0.25, -0.2) is 0 Å². The van der Waals surface area contributed by atoms with E-state index in [1.807, 2.05) is 0 Å². The Hall–Kier alpha value is -1.56. The minimum atomic E-state index is 0. The van der Waals surface area contributed by atoms with Crippen molar-refractivity contribution in [2.45, 2.75) is 101 Å². The van der Waals surface area contributed by atoms with Crippen molar-refractivity contribution in [3.8, 4) is 0 Å². The number of hydrogen-bond donors (Lipinski definition) is 0. The van der Waals surface area contributed by atoms with E-state index in [4.69, 9.17) is 0 Å². The van der Waals surface area contributed by atoms with E-state index in [2.05, 4.69) is 118 Å². The summed E-state index contributed by atoms with van der Waals surface area (Å²) < 4.78 is 0. The third-order valence-electron chi connectivity index (χ3n) is 6.24. The zero-order valence-electron chi connectivity index (χ0n) is 21.5. The van der Waals surface area contributed by atoms with Gasteiger partial charge in [-0.15, -0.1) is 0 Å². The molecular weight excluding hydrogens is 372 g/mol. The maximum atomic E-state index is 2.33. The highest BCUT2D eigenvalue weighted by Gasteiger charge is 2.19. The van der Waals surface area contributed by atoms with Gasteiger partial charge in [-0.1, -0.05) is 111 Å². The Morgan fingerprint density at radius 2 is 0.806 bits per heavy atom. The first-order valence-corrected chi connectivity index (χ1v) is 12.2. The van der Waals surface area contributed by atoms with Gasteiger partial charge in [0.2, 0.25) is 0 Å². The van der Waals surface area contributed by atoms with Gasteiger partial charge in [0, 0.05) is 0 Å². The molecule has 0 saturated carbocycles. The Kier molecular flexibility index (Phi) is 13.8. The highest BCUT2D eigenvalue weighted by atomic mass is 14.2. The van der Waals surface area contributed by atoms with Gasteiger partial charge in [0.05, 0.1) is 0 Å². The minimum Gasteiger partial charge on any atom is -0.0776 e. The summed E-state index contributed by atoms with van der Waals surface area (Å²) in [6.45, 7) is 23.0. The van der Waals surface area contributed by atoms with E-state index < -0.39 is 0 Å². The van der Waals surface area contributed by atoms with Gasteiger partial charge in [-0.05, 0) is 84.5 Å². The first-order chi connectivity index (χ1) is 14.0. The molecule has 0 N–H and O–H groups in total. The van der Waals surface area contributed by atoms with Gasteiger partial charge in [-0.2, -0.15) is 0 Å². The molecule has 0 aromatic heterocycles. The van der Waals surface area contributed by atoms with E-state index in [0.717, 1.165) is 23.7 Å². The zero-order valence-corrected chi connectivity index (χ0v) is 21.5. The van der Waals surface area contributed by atoms with Crippen molar-refractivity contribution in [2.75, 3.05) is 0 Å². The Balaban J connectivity index is 0.000000562. The fourth-order valence-corrected chi connectivity index (χ4v) is 4.54. The summed E-state index contributed by atoms with van der Waals surface area (Å²) in [4.78, 5) is 0. The number of benzene rings is 2. The van der Waals surface area contributed by atoms with Crippen LogP contribution in [0.1, 0.15) is 110 Å². The molecule has 31 heavy (non-hydrogen) atoms. The standard InChI is InChI=1S/2C15H24.CH4/c2*1-11(2)10-15(12(3)4)14-9-7-6-8-13(14)5;/h2*6-9,11-12,15H,10H2,1-5H3;1H4. The van der Waals surface area contributed by atoms with Crippen LogP contribution in [0.25, 0.3) is 0 Å². The smallest absolute Gasteiger partial charge is 0.0134 e. The summed E-state index contributed by atoms with van der Waals surface area (Å²) >= 11 is 0. The summed E-state index contributed by atoms with van der Waals surface area (Å²) in [7, 11) is 0. The average molecular weight is 425 g/mol. The fraction of sp³-hybridized carbons (Fsp3) is 0.613. The molecular formula is C31H52. The Morgan fingerprint density at radius 1 is 0.516 bits per heavy atom. The molecule has 0 heterocycles. The fourth-order valence-electron chi connectivity index (χ4n) is 4.54. The van der Waals surface area contributed by atoms with E-state index in [0.29, 0.717) is 11.8 Å². The van der Waals surface area contributed by atoms with Crippen molar-refractivity contribution in [1.29, 1.82) is 0 Å². The maximum absolute atomic E-state index is 2.33. The topological polar surface area (TPSA) is 0 Å². The van der Waals surface area contributed by atoms with E-state index in [1.54, 1.807) is 11.1 Å². The number of hydrogen-bond acceptors (Lipinski definition) is 0. The predicted molar refractivity (Wildman–Crippen MR) is 143 cm³/mol. The van der Waals surface area contributed by atoms with Gasteiger partial charge in [0.15, 0.2) is 0 Å². The molecule has 0 amide bonds. The van der Waals surface area contributed by atoms with Crippen molar-refractivity contribution < 1.29 is 0 Å². The van der Waals surface area contributed by atoms with Crippen LogP contribution in [0, 0.1) is 37.5 Å². The van der Waals surface area contributed by atoms with Gasteiger partial charge >= 0.3 is 0 Å². The Labute approximate surface area is 195 Å². The van der Waals surface area contributed by atoms with Crippen molar-refractivity contribution in [3.05, 3.63) is 70.8 Å². The first-order valence-electron chi connectivity index (χ1n) is 12.2. The second kappa shape index (κ2) is 14.5. The molecule has 0 radical (unpaired) electrons. The minimum absolute atomic E-state index is 0. The molecule has 0 nitrogen and oxygen atoms in total. The van der Waals surface area contributed by atoms with Crippen LogP contribution in [-0.2, 0) is 0 Å². The summed E-state index contributed by atoms with van der Waals surface area (Å²) in [6.07, 6.45) is 2.59. The molecule has 2 aromatic carbocycles. The van der Waals surface area contributed by atoms with Crippen molar-refractivity contribution in [3.63, 3.8) is 0 Å². The lowest BCUT2D eigenvalue weighted by Crippen LogP contribution is -2.11. The third kappa shape index (κ3) is 10.1. The molecule has 176 valence electrons. The molecule has 0 aliphatic heterocycles. The molecule has 2 unspecified atom stereocenters. The Morgan fingerprint density at radius 3 is 1.03 bits per heavy atom. The highest BCUT2D eigenvalue weighted by molar-refractivity contribution is 5.30. The third-order valence-corrected chi connectivity index (χ3v) is 6.24. The molecule has 2 aromatic rings. The van der Waals surface area contributed by atoms with E-state index >= 15 is 0 Å². The van der Waals surface area contributed by atoms with Crippen molar-refractivity contribution in [1.82, 2.24) is 0 Å². The van der Waals surface area contributed by atoms with E-state index in [1.165, 1.54) is 24.0 Å². The first kappa shape index (κ1) is 29.4. The summed E-state index contributed by atoms with van der Waals surface area (Å²) in [5.74, 6) is 4.44. The van der Waals surface area contributed by atoms with Gasteiger partial charge in [0.1, 0.15) is 0 Å². The molecule has 0 fully saturated rings. The van der Waals surface area contributed by atoms with Gasteiger partial charge < -0.3 is 0 Å². The molecule has 2 atom stereocenters. The van der Waals surface area contributed by atoms with Crippen LogP contribution in [-0.4, -0.2) is 0 Å². The lowest BCUT2D eigenvalue weighted by atomic mass is 9.80. The van der Waals surface area contributed by atoms with E-state index in [9.17, 15) is 0 Å². The second-order valence-corrected chi connectivity index (χ2v) is 10.7. The van der Waals surface area contributed by atoms with Crippen LogP contribution in [0.4, 0.5) is 0 Å². The lowest BCUT2D eigenvalue weighted by Gasteiger charge is -2.24. The van der Waals surface area contributed by atoms with Crippen molar-refractivity contribution >= 4 is 0 Å². The quantitative estimate of drug-likeness (QED) is 0.395. The predicted octanol–water partition coefficient (Wildman–Crippen LogP) is 10.2. The number of aryl methyl sites for hydroxylation is 2. The normalized spacial score (nSPS) is 13.1. The number of rotatable bonds is 8. The van der Waals surface area contributed by atoms with Crippen LogP contribution >= 0.6 is 0 Å². The summed E-state index contributed by atoms with van der Waals surface area (Å²) in [5, 5.41) is 0. The summed E-state index contributed by atoms with van der Waals surface area (Å²) in [6, 6.07) is 17.6. The van der Waals surface area contributed by atoms with Crippen LogP contribution in [0.15, 0.2) is 48.5 Å². The SMILES string of the molecule is C.Cc1ccccc1C(CC(C)C)C(C)C.Cc1ccccc1C(CC(C)C)C(C)C. The largest absolute Gasteiger partial charge is 0.0776 e. The van der Waals surface area contributed by atoms with Crippen LogP contribution in [0.2, 0.25) is 0 Å². The average Bonchev–Trinajstić information content (AvgIpc) is 2.65. The molecule has 0 saturated heterocycles. The summed E-state index contributed by atoms with van der Waals surface area (Å²) in [5.41, 5.74) is 5.97. The molecule has 0 aliphatic carbocycles. The van der Waals surface area contributed by atoms with Gasteiger partial charge in [-0.3, -0.25) is 0 Å². The van der Waals surface area contributed by atoms with Crippen molar-refractivity contribution in [2.24, 2.45) is 23.7 Å². The van der Waals surface area contributed by atoms with Crippen LogP contribution < -0.4 is 0 Å². The monoisotopic (exact) mass is 424 g/mol. The lowest BCUT2D eigenvalue weighted by molar-refractivity contribution is 0.406. The molecule has 0 bridgehead atoms. The molecule has 0 heteroatoms. The zero-order chi connectivity index (χ0) is 22.8. The molecule has 0 spiro atoms. The highest BCUT2D eigenvalue weighted by Crippen LogP contribution is 2.33. The maximum Gasteiger partial charge on any atom is -0.0134 e. The molecule has 0 aliphatic rings. The second-order valence-electron chi connectivity index (χ2n) is 10.7. The van der Waals surface area contributed by atoms with Crippen LogP contribution in [0.3, 0.4) is 0 Å². The van der Waals surface area contributed by atoms with Gasteiger partial charge in [0.25, 0.3) is 0 Å². The Bertz CT molecular complexity index is 657.